The standard InChI is InChI=1S/C20H19N3OS/c1-20(11-18(24)23(2)19(21)22-20)14-7-5-6-13(10-14)16-12-25-17-9-4-3-8-15(16)17/h3-10,12H,11H2,1-2H3,(H2,21,22). The molecule has 25 heavy (non-hydrogen) atoms. The van der Waals surface area contributed by atoms with Crippen LogP contribution in [0.1, 0.15) is 18.9 Å². The topological polar surface area (TPSA) is 58.7 Å². The number of carbonyl (C=O) groups excluding carboxylic acids is 1. The van der Waals surface area contributed by atoms with Gasteiger partial charge in [0.2, 0.25) is 5.91 Å². The predicted molar refractivity (Wildman–Crippen MR) is 104 cm³/mol. The molecule has 0 aliphatic carbocycles. The number of amides is 1. The molecule has 4 rings (SSSR count). The summed E-state index contributed by atoms with van der Waals surface area (Å²) >= 11 is 1.74. The Hall–Kier alpha value is -2.66. The van der Waals surface area contributed by atoms with Crippen molar-refractivity contribution in [3.8, 4) is 11.1 Å². The number of hydrogen-bond acceptors (Lipinski definition) is 4. The molecule has 3 aromatic rings. The molecule has 0 spiro atoms. The summed E-state index contributed by atoms with van der Waals surface area (Å²) in [4.78, 5) is 18.3. The van der Waals surface area contributed by atoms with Gasteiger partial charge in [0.1, 0.15) is 0 Å². The summed E-state index contributed by atoms with van der Waals surface area (Å²) in [7, 11) is 1.66. The van der Waals surface area contributed by atoms with Crippen LogP contribution < -0.4 is 5.73 Å². The molecule has 0 radical (unpaired) electrons. The average molecular weight is 349 g/mol. The van der Waals surface area contributed by atoms with Crippen LogP contribution in [0.25, 0.3) is 21.2 Å². The van der Waals surface area contributed by atoms with E-state index < -0.39 is 5.54 Å². The highest BCUT2D eigenvalue weighted by atomic mass is 32.1. The molecule has 1 atom stereocenters. The van der Waals surface area contributed by atoms with Crippen molar-refractivity contribution in [2.75, 3.05) is 7.05 Å². The Morgan fingerprint density at radius 1 is 1.20 bits per heavy atom. The van der Waals surface area contributed by atoms with E-state index >= 15 is 0 Å². The number of thiophene rings is 1. The molecule has 0 fully saturated rings. The maximum Gasteiger partial charge on any atom is 0.231 e. The van der Waals surface area contributed by atoms with Gasteiger partial charge < -0.3 is 5.73 Å². The highest BCUT2D eigenvalue weighted by molar-refractivity contribution is 7.17. The summed E-state index contributed by atoms with van der Waals surface area (Å²) in [5.41, 5.74) is 8.67. The van der Waals surface area contributed by atoms with Crippen molar-refractivity contribution < 1.29 is 4.79 Å². The van der Waals surface area contributed by atoms with Crippen molar-refractivity contribution >= 4 is 33.3 Å². The third-order valence-corrected chi connectivity index (χ3v) is 5.81. The molecule has 1 aliphatic heterocycles. The fraction of sp³-hybridized carbons (Fsp3) is 0.200. The number of hydrogen-bond donors (Lipinski definition) is 1. The van der Waals surface area contributed by atoms with E-state index in [9.17, 15) is 4.79 Å². The van der Waals surface area contributed by atoms with Crippen molar-refractivity contribution in [3.63, 3.8) is 0 Å². The van der Waals surface area contributed by atoms with Crippen LogP contribution >= 0.6 is 11.3 Å². The van der Waals surface area contributed by atoms with Gasteiger partial charge in [-0.2, -0.15) is 0 Å². The van der Waals surface area contributed by atoms with Gasteiger partial charge in [-0.25, -0.2) is 4.99 Å². The fourth-order valence-corrected chi connectivity index (χ4v) is 4.27. The summed E-state index contributed by atoms with van der Waals surface area (Å²) in [5.74, 6) is 0.256. The van der Waals surface area contributed by atoms with E-state index in [1.165, 1.54) is 20.5 Å². The molecule has 0 bridgehead atoms. The summed E-state index contributed by atoms with van der Waals surface area (Å²) in [5, 5.41) is 3.43. The maximum absolute atomic E-state index is 12.2. The van der Waals surface area contributed by atoms with E-state index in [4.69, 9.17) is 5.73 Å². The SMILES string of the molecule is CN1C(=O)CC(C)(c2cccc(-c3csc4ccccc34)c2)N=C1N. The molecule has 0 saturated carbocycles. The predicted octanol–water partition coefficient (Wildman–Crippen LogP) is 3.96. The molecule has 2 N–H and O–H groups in total. The number of rotatable bonds is 2. The van der Waals surface area contributed by atoms with Gasteiger partial charge in [-0.3, -0.25) is 9.69 Å². The maximum atomic E-state index is 12.2. The number of guanidine groups is 1. The summed E-state index contributed by atoms with van der Waals surface area (Å²) in [6.07, 6.45) is 0.317. The number of nitrogens with zero attached hydrogens (tertiary/aromatic N) is 2. The van der Waals surface area contributed by atoms with Crippen LogP contribution in [0.4, 0.5) is 0 Å². The second kappa shape index (κ2) is 5.70. The monoisotopic (exact) mass is 349 g/mol. The zero-order chi connectivity index (χ0) is 17.6. The van der Waals surface area contributed by atoms with E-state index in [1.54, 1.807) is 18.4 Å². The van der Waals surface area contributed by atoms with Crippen LogP contribution in [0.5, 0.6) is 0 Å². The van der Waals surface area contributed by atoms with Crippen molar-refractivity contribution in [1.29, 1.82) is 0 Å². The Labute approximate surface area is 150 Å². The number of aliphatic imine (C=N–C) groups is 1. The molecule has 1 aliphatic rings. The van der Waals surface area contributed by atoms with E-state index in [-0.39, 0.29) is 11.9 Å². The first-order valence-corrected chi connectivity index (χ1v) is 9.05. The van der Waals surface area contributed by atoms with Crippen LogP contribution in [-0.2, 0) is 10.3 Å². The molecular formula is C20H19N3OS. The van der Waals surface area contributed by atoms with Gasteiger partial charge in [-0.1, -0.05) is 36.4 Å². The first kappa shape index (κ1) is 15.8. The molecule has 2 aromatic carbocycles. The highest BCUT2D eigenvalue weighted by Crippen LogP contribution is 2.38. The summed E-state index contributed by atoms with van der Waals surface area (Å²) < 4.78 is 1.27. The highest BCUT2D eigenvalue weighted by Gasteiger charge is 2.36. The lowest BCUT2D eigenvalue weighted by molar-refractivity contribution is -0.128. The van der Waals surface area contributed by atoms with E-state index in [0.717, 1.165) is 11.1 Å². The van der Waals surface area contributed by atoms with E-state index in [1.807, 2.05) is 19.1 Å². The van der Waals surface area contributed by atoms with Crippen LogP contribution in [0.3, 0.4) is 0 Å². The van der Waals surface area contributed by atoms with Gasteiger partial charge >= 0.3 is 0 Å². The lowest BCUT2D eigenvalue weighted by Gasteiger charge is -2.33. The summed E-state index contributed by atoms with van der Waals surface area (Å²) in [6, 6.07) is 16.7. The third-order valence-electron chi connectivity index (χ3n) is 4.85. The van der Waals surface area contributed by atoms with Crippen molar-refractivity contribution in [3.05, 3.63) is 59.5 Å². The smallest absolute Gasteiger partial charge is 0.231 e. The molecule has 126 valence electrons. The lowest BCUT2D eigenvalue weighted by Crippen LogP contribution is -2.47. The minimum absolute atomic E-state index is 0.0126. The van der Waals surface area contributed by atoms with Gasteiger partial charge in [-0.15, -0.1) is 11.3 Å². The minimum Gasteiger partial charge on any atom is -0.369 e. The number of nitrogens with two attached hydrogens (primary N) is 1. The molecule has 1 aromatic heterocycles. The molecule has 1 amide bonds. The van der Waals surface area contributed by atoms with Crippen LogP contribution in [0, 0.1) is 0 Å². The molecular weight excluding hydrogens is 330 g/mol. The Kier molecular flexibility index (Phi) is 3.62. The fourth-order valence-electron chi connectivity index (χ4n) is 3.30. The Balaban J connectivity index is 1.82. The first-order chi connectivity index (χ1) is 12.0. The van der Waals surface area contributed by atoms with E-state index in [0.29, 0.717) is 6.42 Å². The Bertz CT molecular complexity index is 1010. The van der Waals surface area contributed by atoms with Crippen LogP contribution in [-0.4, -0.2) is 23.8 Å². The van der Waals surface area contributed by atoms with Gasteiger partial charge in [0.25, 0.3) is 0 Å². The van der Waals surface area contributed by atoms with E-state index in [2.05, 4.69) is 46.8 Å². The quantitative estimate of drug-likeness (QED) is 0.761. The van der Waals surface area contributed by atoms with Gasteiger partial charge in [-0.05, 0) is 35.6 Å². The summed E-state index contributed by atoms with van der Waals surface area (Å²) in [6.45, 7) is 1.97. The van der Waals surface area contributed by atoms with Crippen molar-refractivity contribution in [1.82, 2.24) is 4.90 Å². The molecule has 0 saturated heterocycles. The Morgan fingerprint density at radius 3 is 2.80 bits per heavy atom. The second-order valence-electron chi connectivity index (χ2n) is 6.60. The van der Waals surface area contributed by atoms with Gasteiger partial charge in [0, 0.05) is 22.7 Å². The van der Waals surface area contributed by atoms with Crippen molar-refractivity contribution in [2.24, 2.45) is 10.7 Å². The second-order valence-corrected chi connectivity index (χ2v) is 7.51. The molecule has 1 unspecified atom stereocenters. The van der Waals surface area contributed by atoms with Gasteiger partial charge in [0.05, 0.1) is 12.0 Å². The molecule has 4 nitrogen and oxygen atoms in total. The van der Waals surface area contributed by atoms with Crippen LogP contribution in [0.2, 0.25) is 0 Å². The first-order valence-electron chi connectivity index (χ1n) is 8.17. The largest absolute Gasteiger partial charge is 0.369 e. The Morgan fingerprint density at radius 2 is 2.00 bits per heavy atom. The third kappa shape index (κ3) is 2.61. The minimum atomic E-state index is -0.629. The molecule has 5 heteroatoms. The normalized spacial score (nSPS) is 20.8. The number of benzene rings is 2. The number of carbonyl (C=O) groups is 1. The lowest BCUT2D eigenvalue weighted by atomic mass is 9.86. The van der Waals surface area contributed by atoms with Gasteiger partial charge in [0.15, 0.2) is 5.96 Å². The van der Waals surface area contributed by atoms with Crippen LogP contribution in [0.15, 0.2) is 58.9 Å². The zero-order valence-corrected chi connectivity index (χ0v) is 15.0. The average Bonchev–Trinajstić information content (AvgIpc) is 3.04. The van der Waals surface area contributed by atoms with Crippen molar-refractivity contribution in [2.45, 2.75) is 18.9 Å². The zero-order valence-electron chi connectivity index (χ0n) is 14.2. The number of fused-ring (bicyclic) bond motifs is 1. The molecule has 2 heterocycles.